The number of aryl methyl sites for hydroxylation is 3. The summed E-state index contributed by atoms with van der Waals surface area (Å²) in [6, 6.07) is 4.63. The van der Waals surface area contributed by atoms with Crippen LogP contribution in [0.15, 0.2) is 12.1 Å². The monoisotopic (exact) mass is 332 g/mol. The van der Waals surface area contributed by atoms with Crippen LogP contribution in [0.3, 0.4) is 0 Å². The van der Waals surface area contributed by atoms with E-state index in [0.29, 0.717) is 10.8 Å². The van der Waals surface area contributed by atoms with Gasteiger partial charge in [-0.3, -0.25) is 0 Å². The van der Waals surface area contributed by atoms with E-state index in [9.17, 15) is 0 Å². The number of fused-ring (bicyclic) bond motifs is 2. The second-order valence-corrected chi connectivity index (χ2v) is 9.52. The first kappa shape index (κ1) is 16.5. The van der Waals surface area contributed by atoms with Gasteiger partial charge >= 0.3 is 0 Å². The van der Waals surface area contributed by atoms with Crippen molar-refractivity contribution in [3.8, 4) is 0 Å². The smallest absolute Gasteiger partial charge is 0.0190 e. The van der Waals surface area contributed by atoms with Gasteiger partial charge in [0.1, 0.15) is 0 Å². The summed E-state index contributed by atoms with van der Waals surface area (Å²) >= 11 is 7.92. The number of benzene rings is 1. The summed E-state index contributed by atoms with van der Waals surface area (Å²) in [5.74, 6) is 3.17. The zero-order valence-corrected chi connectivity index (χ0v) is 16.2. The fourth-order valence-corrected chi connectivity index (χ4v) is 7.40. The minimum absolute atomic E-state index is 0.324. The maximum Gasteiger partial charge on any atom is 0.0190 e. The molecule has 120 valence electrons. The van der Waals surface area contributed by atoms with Crippen LogP contribution >= 0.6 is 24.0 Å². The quantitative estimate of drug-likeness (QED) is 0.616. The lowest BCUT2D eigenvalue weighted by Gasteiger charge is -2.38. The number of rotatable bonds is 4. The fourth-order valence-electron chi connectivity index (χ4n) is 4.87. The Labute approximate surface area is 145 Å². The molecule has 0 nitrogen and oxygen atoms in total. The third-order valence-corrected chi connectivity index (χ3v) is 8.32. The first-order chi connectivity index (χ1) is 10.3. The number of hydrogen-bond donors (Lipinski definition) is 0. The van der Waals surface area contributed by atoms with Crippen molar-refractivity contribution in [2.24, 2.45) is 16.7 Å². The molecule has 22 heavy (non-hydrogen) atoms. The fraction of sp³-hybridized carbons (Fsp3) is 0.650. The molecule has 2 aliphatic carbocycles. The molecule has 0 aromatic heterocycles. The van der Waals surface area contributed by atoms with Crippen molar-refractivity contribution in [1.82, 2.24) is 0 Å². The summed E-state index contributed by atoms with van der Waals surface area (Å²) in [5, 5.41) is 0. The molecule has 2 saturated carbocycles. The molecule has 1 aromatic carbocycles. The maximum atomic E-state index is 5.82. The van der Waals surface area contributed by atoms with Gasteiger partial charge in [0, 0.05) is 21.8 Å². The Hall–Kier alpha value is -0.340. The van der Waals surface area contributed by atoms with Gasteiger partial charge in [-0.1, -0.05) is 43.8 Å². The lowest BCUT2D eigenvalue weighted by molar-refractivity contribution is 0.199. The lowest BCUT2D eigenvalue weighted by atomic mass is 9.71. The Morgan fingerprint density at radius 2 is 1.82 bits per heavy atom. The molecule has 0 N–H and O–H groups in total. The summed E-state index contributed by atoms with van der Waals surface area (Å²) in [6.07, 6.45) is 3.91. The molecule has 0 aliphatic heterocycles. The summed E-state index contributed by atoms with van der Waals surface area (Å²) in [5.41, 5.74) is 6.53. The van der Waals surface area contributed by atoms with Crippen LogP contribution in [0.25, 0.3) is 0 Å². The topological polar surface area (TPSA) is 0 Å². The zero-order chi connectivity index (χ0) is 16.1. The van der Waals surface area contributed by atoms with Crippen LogP contribution in [0, 0.1) is 37.5 Å². The highest BCUT2D eigenvalue weighted by Crippen LogP contribution is 2.65. The van der Waals surface area contributed by atoms with Crippen molar-refractivity contribution in [1.29, 1.82) is 0 Å². The van der Waals surface area contributed by atoms with Crippen molar-refractivity contribution < 1.29 is 0 Å². The molecule has 0 spiro atoms. The molecule has 2 fully saturated rings. The lowest BCUT2D eigenvalue weighted by Crippen LogP contribution is -2.37. The van der Waals surface area contributed by atoms with Gasteiger partial charge in [-0.2, -0.15) is 11.8 Å². The molecule has 0 unspecified atom stereocenters. The van der Waals surface area contributed by atoms with Gasteiger partial charge in [0.25, 0.3) is 0 Å². The van der Waals surface area contributed by atoms with E-state index in [1.807, 2.05) is 0 Å². The van der Waals surface area contributed by atoms with Gasteiger partial charge in [0.05, 0.1) is 0 Å². The number of hydrogen-bond acceptors (Lipinski definition) is 2. The molecule has 2 heteroatoms. The Morgan fingerprint density at radius 3 is 2.32 bits per heavy atom. The van der Waals surface area contributed by atoms with Crippen molar-refractivity contribution in [3.63, 3.8) is 0 Å². The van der Waals surface area contributed by atoms with Crippen molar-refractivity contribution >= 4 is 28.8 Å². The number of thioether (sulfide) groups is 1. The third-order valence-electron chi connectivity index (χ3n) is 6.57. The maximum absolute atomic E-state index is 5.82. The van der Waals surface area contributed by atoms with Crippen LogP contribution in [-0.4, -0.2) is 10.6 Å². The van der Waals surface area contributed by atoms with E-state index in [-0.39, 0.29) is 0 Å². The highest BCUT2D eigenvalue weighted by atomic mass is 32.2. The number of thiocarbonyl (C=S) groups is 1. The SMILES string of the molecule is Cc1cc(C)c(CSC[C@]23CC[C@H](CC2=S)C3(C)C)c(C)c1. The Kier molecular flexibility index (Phi) is 4.23. The minimum atomic E-state index is 0.324. The van der Waals surface area contributed by atoms with Crippen LogP contribution in [0.2, 0.25) is 0 Å². The standard InChI is InChI=1S/C20H28S2/c1-13-8-14(2)17(15(3)9-13)11-22-12-20-7-6-16(10-18(20)21)19(20,4)5/h8-9,16H,6-7,10-12H2,1-5H3/t16-,20-/m1/s1. The molecule has 0 saturated heterocycles. The van der Waals surface area contributed by atoms with Gasteiger partial charge in [-0.25, -0.2) is 0 Å². The van der Waals surface area contributed by atoms with E-state index in [4.69, 9.17) is 12.2 Å². The Bertz CT molecular complexity index is 591. The van der Waals surface area contributed by atoms with E-state index < -0.39 is 0 Å². The Morgan fingerprint density at radius 1 is 1.18 bits per heavy atom. The first-order valence-corrected chi connectivity index (χ1v) is 10.0. The highest BCUT2D eigenvalue weighted by Gasteiger charge is 2.61. The van der Waals surface area contributed by atoms with E-state index in [1.165, 1.54) is 52.1 Å². The molecule has 0 radical (unpaired) electrons. The molecule has 2 bridgehead atoms. The predicted octanol–water partition coefficient (Wildman–Crippen LogP) is 6.04. The largest absolute Gasteiger partial charge is 0.156 e. The molecule has 2 atom stereocenters. The molecule has 0 heterocycles. The van der Waals surface area contributed by atoms with Crippen LogP contribution < -0.4 is 0 Å². The average molecular weight is 333 g/mol. The molecule has 3 rings (SSSR count). The second-order valence-electron chi connectivity index (χ2n) is 8.04. The predicted molar refractivity (Wildman–Crippen MR) is 103 cm³/mol. The summed E-state index contributed by atoms with van der Waals surface area (Å²) in [6.45, 7) is 11.6. The molecule has 2 aliphatic rings. The van der Waals surface area contributed by atoms with Crippen LogP contribution in [0.4, 0.5) is 0 Å². The molecular formula is C20H28S2. The van der Waals surface area contributed by atoms with Crippen molar-refractivity contribution in [3.05, 3.63) is 34.4 Å². The molecular weight excluding hydrogens is 304 g/mol. The average Bonchev–Trinajstić information content (AvgIpc) is 2.76. The normalized spacial score (nSPS) is 29.3. The van der Waals surface area contributed by atoms with E-state index in [0.717, 1.165) is 11.7 Å². The highest BCUT2D eigenvalue weighted by molar-refractivity contribution is 7.98. The van der Waals surface area contributed by atoms with Crippen molar-refractivity contribution in [2.45, 2.75) is 59.6 Å². The van der Waals surface area contributed by atoms with Gasteiger partial charge in [0.2, 0.25) is 0 Å². The van der Waals surface area contributed by atoms with Gasteiger partial charge in [-0.15, -0.1) is 0 Å². The zero-order valence-electron chi connectivity index (χ0n) is 14.6. The minimum Gasteiger partial charge on any atom is -0.156 e. The van der Waals surface area contributed by atoms with Gasteiger partial charge in [0.15, 0.2) is 0 Å². The van der Waals surface area contributed by atoms with Gasteiger partial charge in [-0.05, 0) is 68.1 Å². The first-order valence-electron chi connectivity index (χ1n) is 8.46. The third kappa shape index (κ3) is 2.38. The van der Waals surface area contributed by atoms with E-state index >= 15 is 0 Å². The van der Waals surface area contributed by atoms with E-state index in [2.05, 4.69) is 58.5 Å². The summed E-state index contributed by atoms with van der Waals surface area (Å²) in [4.78, 5) is 1.37. The van der Waals surface area contributed by atoms with Gasteiger partial charge < -0.3 is 0 Å². The van der Waals surface area contributed by atoms with Crippen LogP contribution in [-0.2, 0) is 5.75 Å². The summed E-state index contributed by atoms with van der Waals surface area (Å²) < 4.78 is 0. The van der Waals surface area contributed by atoms with Crippen LogP contribution in [0.5, 0.6) is 0 Å². The van der Waals surface area contributed by atoms with Crippen LogP contribution in [0.1, 0.15) is 55.4 Å². The molecule has 1 aromatic rings. The molecule has 0 amide bonds. The second kappa shape index (κ2) is 5.63. The Balaban J connectivity index is 1.73. The van der Waals surface area contributed by atoms with Crippen molar-refractivity contribution in [2.75, 3.05) is 5.75 Å². The summed E-state index contributed by atoms with van der Waals surface area (Å²) in [7, 11) is 0. The van der Waals surface area contributed by atoms with E-state index in [1.54, 1.807) is 0 Å².